The van der Waals surface area contributed by atoms with Crippen LogP contribution in [0.2, 0.25) is 0 Å². The number of benzene rings is 1. The molecular weight excluding hydrogens is 438 g/mol. The Morgan fingerprint density at radius 3 is 2.69 bits per heavy atom. The molecule has 0 atom stereocenters. The van der Waals surface area contributed by atoms with Gasteiger partial charge in [-0.05, 0) is 36.3 Å². The van der Waals surface area contributed by atoms with Crippen molar-refractivity contribution in [2.45, 2.75) is 62.2 Å². The van der Waals surface area contributed by atoms with Crippen LogP contribution < -0.4 is 5.32 Å². The van der Waals surface area contributed by atoms with Crippen molar-refractivity contribution < 1.29 is 4.79 Å². The first kappa shape index (κ1) is 22.6. The number of nitriles is 1. The molecule has 0 unspecified atom stereocenters. The van der Waals surface area contributed by atoms with Crippen molar-refractivity contribution in [2.75, 3.05) is 5.75 Å². The van der Waals surface area contributed by atoms with Gasteiger partial charge >= 0.3 is 0 Å². The van der Waals surface area contributed by atoms with Crippen LogP contribution in [0.3, 0.4) is 0 Å². The highest BCUT2D eigenvalue weighted by Gasteiger charge is 2.33. The molecule has 6 nitrogen and oxygen atoms in total. The first-order valence-corrected chi connectivity index (χ1v) is 12.9. The summed E-state index contributed by atoms with van der Waals surface area (Å²) >= 11 is 3.10. The van der Waals surface area contributed by atoms with E-state index in [9.17, 15) is 10.1 Å². The Labute approximate surface area is 197 Å². The molecule has 4 rings (SSSR count). The minimum Gasteiger partial charge on any atom is -0.337 e. The van der Waals surface area contributed by atoms with Gasteiger partial charge in [0.05, 0.1) is 11.8 Å². The Morgan fingerprint density at radius 2 is 1.97 bits per heavy atom. The molecule has 0 radical (unpaired) electrons. The van der Waals surface area contributed by atoms with Gasteiger partial charge in [0, 0.05) is 17.8 Å². The van der Waals surface area contributed by atoms with Crippen molar-refractivity contribution in [2.24, 2.45) is 0 Å². The number of hydrogen-bond donors (Lipinski definition) is 1. The zero-order chi connectivity index (χ0) is 22.2. The standard InChI is InChI=1S/C24H27N5OS2/c25-18-24(12-5-2-6-13-24)26-22(30)17-32-23-28-27-21(16-20-10-7-15-31-20)29(23)14-11-19-8-3-1-4-9-19/h1,3-4,7-10,15H,2,5-6,11-14,16-17H2,(H,26,30). The predicted octanol–water partition coefficient (Wildman–Crippen LogP) is 4.61. The lowest BCUT2D eigenvalue weighted by Crippen LogP contribution is -2.49. The zero-order valence-corrected chi connectivity index (χ0v) is 19.6. The summed E-state index contributed by atoms with van der Waals surface area (Å²) in [5.74, 6) is 1.02. The number of carbonyl (C=O) groups is 1. The maximum Gasteiger partial charge on any atom is 0.231 e. The van der Waals surface area contributed by atoms with Gasteiger partial charge in [0.2, 0.25) is 5.91 Å². The maximum atomic E-state index is 12.7. The molecule has 1 fully saturated rings. The molecule has 0 aliphatic heterocycles. The van der Waals surface area contributed by atoms with E-state index in [0.29, 0.717) is 0 Å². The summed E-state index contributed by atoms with van der Waals surface area (Å²) in [6, 6.07) is 16.8. The third-order valence-electron chi connectivity index (χ3n) is 5.80. The number of nitrogens with one attached hydrogen (secondary N) is 1. The van der Waals surface area contributed by atoms with E-state index in [1.807, 2.05) is 24.3 Å². The summed E-state index contributed by atoms with van der Waals surface area (Å²) in [6.07, 6.45) is 6.17. The Bertz CT molecular complexity index is 1050. The largest absolute Gasteiger partial charge is 0.337 e. The average Bonchev–Trinajstić information content (AvgIpc) is 3.48. The number of aryl methyl sites for hydroxylation is 1. The van der Waals surface area contributed by atoms with Gasteiger partial charge in [-0.25, -0.2) is 0 Å². The number of amides is 1. The van der Waals surface area contributed by atoms with Crippen LogP contribution in [0.15, 0.2) is 53.0 Å². The fourth-order valence-electron chi connectivity index (χ4n) is 4.09. The van der Waals surface area contributed by atoms with Crippen LogP contribution in [0.5, 0.6) is 0 Å². The summed E-state index contributed by atoms with van der Waals surface area (Å²) in [4.78, 5) is 13.9. The highest BCUT2D eigenvalue weighted by Crippen LogP contribution is 2.28. The molecular formula is C24H27N5OS2. The van der Waals surface area contributed by atoms with Gasteiger partial charge in [-0.1, -0.05) is 67.4 Å². The van der Waals surface area contributed by atoms with Gasteiger partial charge in [0.15, 0.2) is 5.16 Å². The van der Waals surface area contributed by atoms with E-state index in [-0.39, 0.29) is 11.7 Å². The van der Waals surface area contributed by atoms with Crippen LogP contribution in [-0.2, 0) is 24.2 Å². The summed E-state index contributed by atoms with van der Waals surface area (Å²) in [5.41, 5.74) is 0.548. The molecule has 1 aromatic carbocycles. The molecule has 166 valence electrons. The molecule has 0 saturated heterocycles. The lowest BCUT2D eigenvalue weighted by molar-refractivity contribution is -0.120. The fraction of sp³-hybridized carbons (Fsp3) is 0.417. The molecule has 1 saturated carbocycles. The second-order valence-corrected chi connectivity index (χ2v) is 10.1. The molecule has 2 heterocycles. The van der Waals surface area contributed by atoms with Crippen molar-refractivity contribution in [3.05, 3.63) is 64.1 Å². The molecule has 8 heteroatoms. The van der Waals surface area contributed by atoms with Crippen LogP contribution in [0.25, 0.3) is 0 Å². The highest BCUT2D eigenvalue weighted by atomic mass is 32.2. The molecule has 1 amide bonds. The van der Waals surface area contributed by atoms with Crippen molar-refractivity contribution in [3.8, 4) is 6.07 Å². The minimum absolute atomic E-state index is 0.115. The molecule has 1 aliphatic carbocycles. The van der Waals surface area contributed by atoms with Gasteiger partial charge in [0.25, 0.3) is 0 Å². The molecule has 3 aromatic rings. The Balaban J connectivity index is 1.44. The molecule has 1 aliphatic rings. The van der Waals surface area contributed by atoms with Gasteiger partial charge in [0.1, 0.15) is 11.4 Å². The zero-order valence-electron chi connectivity index (χ0n) is 18.0. The highest BCUT2D eigenvalue weighted by molar-refractivity contribution is 7.99. The first-order valence-electron chi connectivity index (χ1n) is 11.0. The second-order valence-electron chi connectivity index (χ2n) is 8.13. The SMILES string of the molecule is N#CC1(NC(=O)CSc2nnc(Cc3cccs3)n2CCc2ccccc2)CCCCC1. The van der Waals surface area contributed by atoms with Crippen molar-refractivity contribution in [1.29, 1.82) is 5.26 Å². The number of thiophene rings is 1. The summed E-state index contributed by atoms with van der Waals surface area (Å²) < 4.78 is 2.13. The first-order chi connectivity index (χ1) is 15.7. The Kier molecular flexibility index (Phi) is 7.61. The Morgan fingerprint density at radius 1 is 1.16 bits per heavy atom. The van der Waals surface area contributed by atoms with Crippen LogP contribution in [0, 0.1) is 11.3 Å². The van der Waals surface area contributed by atoms with Gasteiger partial charge in [-0.3, -0.25) is 4.79 Å². The number of carbonyl (C=O) groups excluding carboxylic acids is 1. The summed E-state index contributed by atoms with van der Waals surface area (Å²) in [5, 5.41) is 24.3. The monoisotopic (exact) mass is 465 g/mol. The average molecular weight is 466 g/mol. The fourth-order valence-corrected chi connectivity index (χ4v) is 5.57. The Hall–Kier alpha value is -2.63. The van der Waals surface area contributed by atoms with Crippen LogP contribution in [-0.4, -0.2) is 32.0 Å². The number of nitrogens with zero attached hydrogens (tertiary/aromatic N) is 4. The summed E-state index contributed by atoms with van der Waals surface area (Å²) in [6.45, 7) is 0.754. The van der Waals surface area contributed by atoms with E-state index in [2.05, 4.69) is 49.7 Å². The minimum atomic E-state index is -0.707. The molecule has 0 bridgehead atoms. The van der Waals surface area contributed by atoms with E-state index in [4.69, 9.17) is 0 Å². The lowest BCUT2D eigenvalue weighted by Gasteiger charge is -2.31. The predicted molar refractivity (Wildman–Crippen MR) is 128 cm³/mol. The van der Waals surface area contributed by atoms with E-state index in [0.717, 1.165) is 62.5 Å². The van der Waals surface area contributed by atoms with Gasteiger partial charge < -0.3 is 9.88 Å². The second kappa shape index (κ2) is 10.8. The number of rotatable bonds is 9. The third kappa shape index (κ3) is 5.78. The maximum absolute atomic E-state index is 12.7. The normalized spacial score (nSPS) is 15.2. The number of hydrogen-bond acceptors (Lipinski definition) is 6. The topological polar surface area (TPSA) is 83.6 Å². The van der Waals surface area contributed by atoms with Gasteiger partial charge in [-0.15, -0.1) is 21.5 Å². The third-order valence-corrected chi connectivity index (χ3v) is 7.65. The van der Waals surface area contributed by atoms with Crippen molar-refractivity contribution in [3.63, 3.8) is 0 Å². The number of aromatic nitrogens is 3. The molecule has 1 N–H and O–H groups in total. The molecule has 32 heavy (non-hydrogen) atoms. The summed E-state index contributed by atoms with van der Waals surface area (Å²) in [7, 11) is 0. The lowest BCUT2D eigenvalue weighted by atomic mass is 9.83. The van der Waals surface area contributed by atoms with Gasteiger partial charge in [-0.2, -0.15) is 5.26 Å². The van der Waals surface area contributed by atoms with E-state index >= 15 is 0 Å². The molecule has 0 spiro atoms. The number of thioether (sulfide) groups is 1. The molecule has 2 aromatic heterocycles. The van der Waals surface area contributed by atoms with Crippen LogP contribution in [0.4, 0.5) is 0 Å². The van der Waals surface area contributed by atoms with E-state index in [1.165, 1.54) is 22.2 Å². The van der Waals surface area contributed by atoms with E-state index in [1.54, 1.807) is 11.3 Å². The van der Waals surface area contributed by atoms with Crippen molar-refractivity contribution >= 4 is 29.0 Å². The van der Waals surface area contributed by atoms with Crippen LogP contribution in [0.1, 0.15) is 48.4 Å². The quantitative estimate of drug-likeness (QED) is 0.467. The van der Waals surface area contributed by atoms with Crippen molar-refractivity contribution in [1.82, 2.24) is 20.1 Å². The van der Waals surface area contributed by atoms with E-state index < -0.39 is 5.54 Å². The smallest absolute Gasteiger partial charge is 0.231 e. The van der Waals surface area contributed by atoms with Crippen LogP contribution >= 0.6 is 23.1 Å².